The quantitative estimate of drug-likeness (QED) is 0.381. The molecule has 1 aliphatic heterocycles. The van der Waals surface area contributed by atoms with Gasteiger partial charge in [0, 0.05) is 34.9 Å². The molecule has 0 aliphatic carbocycles. The molecule has 0 saturated carbocycles. The van der Waals surface area contributed by atoms with Gasteiger partial charge in [0.1, 0.15) is 21.9 Å². The van der Waals surface area contributed by atoms with Crippen molar-refractivity contribution in [3.63, 3.8) is 0 Å². The maximum Gasteiger partial charge on any atom is 0.168 e. The summed E-state index contributed by atoms with van der Waals surface area (Å²) >= 11 is 1.57. The molecule has 1 aliphatic rings. The normalized spacial score (nSPS) is 16.7. The zero-order valence-corrected chi connectivity index (χ0v) is 19.6. The number of Topliss-reactive ketones (excluding diaryl/α,β-unsaturated/α-hetero) is 1. The van der Waals surface area contributed by atoms with Crippen LogP contribution in [0.5, 0.6) is 5.75 Å². The molecule has 0 amide bonds. The Labute approximate surface area is 197 Å². The first-order valence-corrected chi connectivity index (χ1v) is 12.0. The Morgan fingerprint density at radius 3 is 2.73 bits per heavy atom. The maximum absolute atomic E-state index is 12.9. The summed E-state index contributed by atoms with van der Waals surface area (Å²) in [7, 11) is 2.12. The Morgan fingerprint density at radius 1 is 1.12 bits per heavy atom. The van der Waals surface area contributed by atoms with Crippen molar-refractivity contribution in [3.8, 4) is 16.3 Å². The molecule has 2 aromatic heterocycles. The van der Waals surface area contributed by atoms with Gasteiger partial charge in [-0.15, -0.1) is 10.2 Å². The Kier molecular flexibility index (Phi) is 6.15. The van der Waals surface area contributed by atoms with E-state index in [-0.39, 0.29) is 18.3 Å². The zero-order chi connectivity index (χ0) is 22.8. The average Bonchev–Trinajstić information content (AvgIpc) is 3.25. The Bertz CT molecular complexity index is 1290. The number of likely N-dealkylation sites (N-methyl/N-ethyl adjacent to an activating group) is 1. The number of fused-ring (bicyclic) bond motifs is 1. The highest BCUT2D eigenvalue weighted by Gasteiger charge is 2.18. The standard InChI is InChI=1S/C26H26N4O2S/c1-17-28-29-26(33-17)19-5-6-20-15-27-22(13-21(20)12-19)14-25(31)18-7-9-23(10-8-18)32-24-4-3-11-30(2)16-24/h5-10,12-13,15,24H,3-4,11,14,16H2,1-2H3. The second kappa shape index (κ2) is 9.37. The fourth-order valence-corrected chi connectivity index (χ4v) is 4.91. The maximum atomic E-state index is 12.9. The highest BCUT2D eigenvalue weighted by atomic mass is 32.1. The summed E-state index contributed by atoms with van der Waals surface area (Å²) in [6, 6.07) is 15.6. The number of nitrogens with zero attached hydrogens (tertiary/aromatic N) is 4. The van der Waals surface area contributed by atoms with Crippen LogP contribution in [0.2, 0.25) is 0 Å². The number of rotatable bonds is 6. The lowest BCUT2D eigenvalue weighted by molar-refractivity contribution is 0.0991. The van der Waals surface area contributed by atoms with Crippen molar-refractivity contribution in [1.82, 2.24) is 20.1 Å². The van der Waals surface area contributed by atoms with Gasteiger partial charge in [-0.3, -0.25) is 9.78 Å². The first-order valence-electron chi connectivity index (χ1n) is 11.2. The van der Waals surface area contributed by atoms with Crippen LogP contribution in [0.1, 0.15) is 33.9 Å². The molecule has 1 atom stereocenters. The summed E-state index contributed by atoms with van der Waals surface area (Å²) in [5.41, 5.74) is 2.45. The van der Waals surface area contributed by atoms with E-state index in [2.05, 4.69) is 33.2 Å². The molecule has 1 unspecified atom stereocenters. The lowest BCUT2D eigenvalue weighted by Gasteiger charge is -2.30. The fraction of sp³-hybridized carbons (Fsp3) is 0.308. The number of likely N-dealkylation sites (tertiary alicyclic amines) is 1. The number of ketones is 1. The van der Waals surface area contributed by atoms with Crippen molar-refractivity contribution in [3.05, 3.63) is 71.0 Å². The van der Waals surface area contributed by atoms with E-state index in [1.165, 1.54) is 0 Å². The average molecular weight is 459 g/mol. The molecule has 1 saturated heterocycles. The first kappa shape index (κ1) is 21.7. The van der Waals surface area contributed by atoms with Crippen molar-refractivity contribution in [2.45, 2.75) is 32.3 Å². The molecule has 6 nitrogen and oxygen atoms in total. The fourth-order valence-electron chi connectivity index (χ4n) is 4.22. The van der Waals surface area contributed by atoms with E-state index in [9.17, 15) is 4.79 Å². The van der Waals surface area contributed by atoms with Crippen molar-refractivity contribution >= 4 is 27.9 Å². The van der Waals surface area contributed by atoms with Crippen LogP contribution in [0.15, 0.2) is 54.7 Å². The number of pyridine rings is 1. The zero-order valence-electron chi connectivity index (χ0n) is 18.8. The highest BCUT2D eigenvalue weighted by molar-refractivity contribution is 7.14. The minimum Gasteiger partial charge on any atom is -0.489 e. The molecule has 1 fully saturated rings. The molecule has 2 aromatic carbocycles. The number of carbonyl (C=O) groups is 1. The van der Waals surface area contributed by atoms with Gasteiger partial charge in [0.05, 0.1) is 6.42 Å². The number of hydrogen-bond acceptors (Lipinski definition) is 7. The molecule has 7 heteroatoms. The van der Waals surface area contributed by atoms with Crippen LogP contribution < -0.4 is 4.74 Å². The van der Waals surface area contributed by atoms with Crippen LogP contribution >= 0.6 is 11.3 Å². The second-order valence-corrected chi connectivity index (χ2v) is 9.81. The summed E-state index contributed by atoms with van der Waals surface area (Å²) in [5.74, 6) is 0.858. The second-order valence-electron chi connectivity index (χ2n) is 8.63. The van der Waals surface area contributed by atoms with Gasteiger partial charge >= 0.3 is 0 Å². The van der Waals surface area contributed by atoms with E-state index in [0.29, 0.717) is 5.56 Å². The topological polar surface area (TPSA) is 68.2 Å². The molecular weight excluding hydrogens is 432 g/mol. The van der Waals surface area contributed by atoms with Gasteiger partial charge in [0.25, 0.3) is 0 Å². The smallest absolute Gasteiger partial charge is 0.168 e. The van der Waals surface area contributed by atoms with Crippen LogP contribution in [0.25, 0.3) is 21.3 Å². The summed E-state index contributed by atoms with van der Waals surface area (Å²) in [4.78, 5) is 19.7. The van der Waals surface area contributed by atoms with Crippen molar-refractivity contribution < 1.29 is 9.53 Å². The SMILES string of the molecule is Cc1nnc(-c2ccc3cnc(CC(=O)c4ccc(OC5CCCN(C)C5)cc4)cc3c2)s1. The number of aromatic nitrogens is 3. The lowest BCUT2D eigenvalue weighted by atomic mass is 10.0. The van der Waals surface area contributed by atoms with Gasteiger partial charge < -0.3 is 9.64 Å². The highest BCUT2D eigenvalue weighted by Crippen LogP contribution is 2.27. The molecule has 168 valence electrons. The minimum atomic E-state index is 0.0432. The Morgan fingerprint density at radius 2 is 1.97 bits per heavy atom. The van der Waals surface area contributed by atoms with Gasteiger partial charge in [-0.2, -0.15) is 0 Å². The summed E-state index contributed by atoms with van der Waals surface area (Å²) in [6.07, 6.45) is 4.51. The molecule has 4 aromatic rings. The number of benzene rings is 2. The Hall–Kier alpha value is -3.16. The van der Waals surface area contributed by atoms with Gasteiger partial charge in [0.2, 0.25) is 0 Å². The summed E-state index contributed by atoms with van der Waals surface area (Å²) < 4.78 is 6.10. The van der Waals surface area contributed by atoms with Crippen LogP contribution in [-0.4, -0.2) is 52.1 Å². The van der Waals surface area contributed by atoms with Crippen LogP contribution in [0.4, 0.5) is 0 Å². The van der Waals surface area contributed by atoms with Gasteiger partial charge in [-0.1, -0.05) is 23.5 Å². The minimum absolute atomic E-state index is 0.0432. The number of hydrogen-bond donors (Lipinski definition) is 0. The van der Waals surface area contributed by atoms with Crippen LogP contribution in [0.3, 0.4) is 0 Å². The van der Waals surface area contributed by atoms with Crippen molar-refractivity contribution in [1.29, 1.82) is 0 Å². The monoisotopic (exact) mass is 458 g/mol. The van der Waals surface area contributed by atoms with E-state index >= 15 is 0 Å². The summed E-state index contributed by atoms with van der Waals surface area (Å²) in [5, 5.41) is 12.3. The molecular formula is C26H26N4O2S. The van der Waals surface area contributed by atoms with Crippen molar-refractivity contribution in [2.75, 3.05) is 20.1 Å². The lowest BCUT2D eigenvalue weighted by Crippen LogP contribution is -2.38. The largest absolute Gasteiger partial charge is 0.489 e. The van der Waals surface area contributed by atoms with E-state index in [1.807, 2.05) is 55.6 Å². The Balaban J connectivity index is 1.28. The van der Waals surface area contributed by atoms with Gasteiger partial charge in [-0.25, -0.2) is 0 Å². The van der Waals surface area contributed by atoms with Crippen LogP contribution in [-0.2, 0) is 6.42 Å². The predicted molar refractivity (Wildman–Crippen MR) is 131 cm³/mol. The number of carbonyl (C=O) groups excluding carboxylic acids is 1. The number of ether oxygens (including phenoxy) is 1. The summed E-state index contributed by atoms with van der Waals surface area (Å²) in [6.45, 7) is 4.01. The van der Waals surface area contributed by atoms with Gasteiger partial charge in [0.15, 0.2) is 5.78 Å². The van der Waals surface area contributed by atoms with E-state index < -0.39 is 0 Å². The molecule has 0 radical (unpaired) electrons. The van der Waals surface area contributed by atoms with Gasteiger partial charge in [-0.05, 0) is 75.1 Å². The molecule has 5 rings (SSSR count). The predicted octanol–water partition coefficient (Wildman–Crippen LogP) is 4.96. The molecule has 0 N–H and O–H groups in total. The molecule has 0 spiro atoms. The van der Waals surface area contributed by atoms with Crippen molar-refractivity contribution in [2.24, 2.45) is 0 Å². The third kappa shape index (κ3) is 5.10. The van der Waals surface area contributed by atoms with E-state index in [0.717, 1.165) is 63.7 Å². The number of piperidine rings is 1. The molecule has 0 bridgehead atoms. The van der Waals surface area contributed by atoms with Crippen LogP contribution in [0, 0.1) is 6.92 Å². The first-order chi connectivity index (χ1) is 16.0. The molecule has 33 heavy (non-hydrogen) atoms. The number of aryl methyl sites for hydroxylation is 1. The third-order valence-electron chi connectivity index (χ3n) is 5.95. The third-order valence-corrected chi connectivity index (χ3v) is 6.84. The van der Waals surface area contributed by atoms with E-state index in [4.69, 9.17) is 4.74 Å². The van der Waals surface area contributed by atoms with E-state index in [1.54, 1.807) is 11.3 Å². The molecule has 3 heterocycles.